The van der Waals surface area contributed by atoms with Crippen LogP contribution in [0.15, 0.2) is 0 Å². The van der Waals surface area contributed by atoms with Gasteiger partial charge < -0.3 is 5.32 Å². The van der Waals surface area contributed by atoms with Gasteiger partial charge in [0.1, 0.15) is 0 Å². The van der Waals surface area contributed by atoms with Crippen molar-refractivity contribution in [1.82, 2.24) is 10.0 Å². The molecule has 54 valence electrons. The van der Waals surface area contributed by atoms with Gasteiger partial charge in [-0.15, -0.1) is 0 Å². The maximum Gasteiger partial charge on any atom is 0.0217 e. The summed E-state index contributed by atoms with van der Waals surface area (Å²) in [5.41, 5.74) is 0. The van der Waals surface area contributed by atoms with Crippen LogP contribution in [0.3, 0.4) is 0 Å². The molecule has 2 N–H and O–H groups in total. The number of hydrogen-bond acceptors (Lipinski definition) is 3. The van der Waals surface area contributed by atoms with Gasteiger partial charge in [0.05, 0.1) is 0 Å². The highest BCUT2D eigenvalue weighted by molar-refractivity contribution is 7.98. The molecule has 0 aromatic rings. The normalized spacial score (nSPS) is 22.3. The molecule has 9 heavy (non-hydrogen) atoms. The molecule has 1 heterocycles. The second-order valence-electron chi connectivity index (χ2n) is 2.27. The molecule has 1 saturated heterocycles. The Labute approximate surface area is 60.9 Å². The van der Waals surface area contributed by atoms with Gasteiger partial charge in [0, 0.05) is 5.25 Å². The van der Waals surface area contributed by atoms with Crippen molar-refractivity contribution < 1.29 is 0 Å². The molecule has 0 aliphatic carbocycles. The van der Waals surface area contributed by atoms with E-state index < -0.39 is 0 Å². The first-order chi connectivity index (χ1) is 4.43. The predicted octanol–water partition coefficient (Wildman–Crippen LogP) is 0.606. The summed E-state index contributed by atoms with van der Waals surface area (Å²) in [6.45, 7) is 2.39. The minimum Gasteiger partial charge on any atom is -0.317 e. The maximum atomic E-state index is 3.33. The zero-order valence-electron chi connectivity index (χ0n) is 5.81. The van der Waals surface area contributed by atoms with Crippen LogP contribution in [0.5, 0.6) is 0 Å². The van der Waals surface area contributed by atoms with Crippen molar-refractivity contribution in [1.29, 1.82) is 0 Å². The fourth-order valence-corrected chi connectivity index (χ4v) is 1.88. The van der Waals surface area contributed by atoms with E-state index in [1.54, 1.807) is 0 Å². The Morgan fingerprint density at radius 3 is 2.67 bits per heavy atom. The molecule has 1 aliphatic rings. The van der Waals surface area contributed by atoms with Crippen LogP contribution in [-0.4, -0.2) is 25.4 Å². The lowest BCUT2D eigenvalue weighted by molar-refractivity contribution is 0.531. The zero-order chi connectivity index (χ0) is 6.53. The molecule has 3 heteroatoms. The molecule has 1 rings (SSSR count). The third kappa shape index (κ3) is 2.56. The second kappa shape index (κ2) is 4.14. The first-order valence-electron chi connectivity index (χ1n) is 3.46. The largest absolute Gasteiger partial charge is 0.317 e. The van der Waals surface area contributed by atoms with Gasteiger partial charge in [0.2, 0.25) is 0 Å². The summed E-state index contributed by atoms with van der Waals surface area (Å²) in [6, 6.07) is 0. The lowest BCUT2D eigenvalue weighted by atomic mass is 10.2. The van der Waals surface area contributed by atoms with Gasteiger partial charge in [-0.2, -0.15) is 0 Å². The Bertz CT molecular complexity index is 68.7. The number of nitrogens with one attached hydrogen (secondary N) is 2. The Kier molecular flexibility index (Phi) is 3.40. The van der Waals surface area contributed by atoms with E-state index in [0.717, 1.165) is 5.25 Å². The van der Waals surface area contributed by atoms with Gasteiger partial charge in [-0.25, -0.2) is 0 Å². The summed E-state index contributed by atoms with van der Waals surface area (Å²) in [5, 5.41) is 4.18. The molecule has 0 radical (unpaired) electrons. The van der Waals surface area contributed by atoms with Crippen molar-refractivity contribution >= 4 is 11.9 Å². The van der Waals surface area contributed by atoms with E-state index >= 15 is 0 Å². The van der Waals surface area contributed by atoms with Crippen molar-refractivity contribution in [3.8, 4) is 0 Å². The fraction of sp³-hybridized carbons (Fsp3) is 1.00. The summed E-state index contributed by atoms with van der Waals surface area (Å²) in [7, 11) is 1.99. The Morgan fingerprint density at radius 2 is 2.11 bits per heavy atom. The number of rotatable bonds is 2. The standard InChI is InChI=1S/C6H14N2S/c1-7-9-6-2-4-8-5-3-6/h6-8H,2-5H2,1H3. The van der Waals surface area contributed by atoms with E-state index in [4.69, 9.17) is 0 Å². The molecular formula is C6H14N2S. The molecule has 0 unspecified atom stereocenters. The van der Waals surface area contributed by atoms with Crippen LogP contribution in [0.4, 0.5) is 0 Å². The predicted molar refractivity (Wildman–Crippen MR) is 42.5 cm³/mol. The highest BCUT2D eigenvalue weighted by Gasteiger charge is 2.11. The molecule has 2 nitrogen and oxygen atoms in total. The summed E-state index contributed by atoms with van der Waals surface area (Å²) in [4.78, 5) is 0. The van der Waals surface area contributed by atoms with Crippen LogP contribution in [0.1, 0.15) is 12.8 Å². The average Bonchev–Trinajstić information content (AvgIpc) is 1.91. The van der Waals surface area contributed by atoms with Gasteiger partial charge >= 0.3 is 0 Å². The number of piperidine rings is 1. The van der Waals surface area contributed by atoms with Crippen molar-refractivity contribution in [2.24, 2.45) is 0 Å². The first kappa shape index (κ1) is 7.38. The smallest absolute Gasteiger partial charge is 0.0217 e. The third-order valence-electron chi connectivity index (χ3n) is 1.57. The van der Waals surface area contributed by atoms with Crippen molar-refractivity contribution in [2.75, 3.05) is 20.1 Å². The van der Waals surface area contributed by atoms with Crippen LogP contribution in [0, 0.1) is 0 Å². The summed E-state index contributed by atoms with van der Waals surface area (Å²) >= 11 is 1.86. The van der Waals surface area contributed by atoms with E-state index in [1.165, 1.54) is 25.9 Å². The Balaban J connectivity index is 2.08. The van der Waals surface area contributed by atoms with Gasteiger partial charge in [-0.05, 0) is 33.0 Å². The molecule has 0 saturated carbocycles. The van der Waals surface area contributed by atoms with Gasteiger partial charge in [-0.3, -0.25) is 4.72 Å². The summed E-state index contributed by atoms with van der Waals surface area (Å²) < 4.78 is 3.13. The zero-order valence-corrected chi connectivity index (χ0v) is 6.63. The summed E-state index contributed by atoms with van der Waals surface area (Å²) in [5.74, 6) is 0. The van der Waals surface area contributed by atoms with Crippen LogP contribution < -0.4 is 10.0 Å². The summed E-state index contributed by atoms with van der Waals surface area (Å²) in [6.07, 6.45) is 2.62. The average molecular weight is 146 g/mol. The molecule has 0 atom stereocenters. The minimum atomic E-state index is 0.844. The molecule has 1 aliphatic heterocycles. The monoisotopic (exact) mass is 146 g/mol. The van der Waals surface area contributed by atoms with E-state index in [1.807, 2.05) is 19.0 Å². The molecule has 0 spiro atoms. The van der Waals surface area contributed by atoms with E-state index in [-0.39, 0.29) is 0 Å². The van der Waals surface area contributed by atoms with Gasteiger partial charge in [-0.1, -0.05) is 11.9 Å². The highest BCUT2D eigenvalue weighted by Crippen LogP contribution is 2.15. The van der Waals surface area contributed by atoms with Gasteiger partial charge in [0.15, 0.2) is 0 Å². The van der Waals surface area contributed by atoms with E-state index in [0.29, 0.717) is 0 Å². The molecular weight excluding hydrogens is 132 g/mol. The Morgan fingerprint density at radius 1 is 1.44 bits per heavy atom. The van der Waals surface area contributed by atoms with Gasteiger partial charge in [0.25, 0.3) is 0 Å². The molecule has 0 aromatic carbocycles. The van der Waals surface area contributed by atoms with Crippen LogP contribution in [0.25, 0.3) is 0 Å². The fourth-order valence-electron chi connectivity index (χ4n) is 1.08. The van der Waals surface area contributed by atoms with Crippen molar-refractivity contribution in [3.05, 3.63) is 0 Å². The topological polar surface area (TPSA) is 24.1 Å². The quantitative estimate of drug-likeness (QED) is 0.558. The molecule has 1 fully saturated rings. The third-order valence-corrected chi connectivity index (χ3v) is 2.61. The van der Waals surface area contributed by atoms with Crippen LogP contribution >= 0.6 is 11.9 Å². The SMILES string of the molecule is CNSC1CCNCC1. The lowest BCUT2D eigenvalue weighted by Gasteiger charge is -2.20. The molecule has 0 aromatic heterocycles. The van der Waals surface area contributed by atoms with Crippen LogP contribution in [0.2, 0.25) is 0 Å². The first-order valence-corrected chi connectivity index (χ1v) is 4.34. The second-order valence-corrected chi connectivity index (χ2v) is 3.58. The van der Waals surface area contributed by atoms with E-state index in [2.05, 4.69) is 10.0 Å². The highest BCUT2D eigenvalue weighted by atomic mass is 32.2. The molecule has 0 bridgehead atoms. The minimum absolute atomic E-state index is 0.844. The van der Waals surface area contributed by atoms with Crippen molar-refractivity contribution in [2.45, 2.75) is 18.1 Å². The Hall–Kier alpha value is 0.270. The van der Waals surface area contributed by atoms with Crippen LogP contribution in [-0.2, 0) is 0 Å². The maximum absolute atomic E-state index is 3.33. The van der Waals surface area contributed by atoms with E-state index in [9.17, 15) is 0 Å². The number of hydrogen-bond donors (Lipinski definition) is 2. The molecule has 0 amide bonds. The van der Waals surface area contributed by atoms with Crippen molar-refractivity contribution in [3.63, 3.8) is 0 Å². The lowest BCUT2D eigenvalue weighted by Crippen LogP contribution is -2.30.